The Morgan fingerprint density at radius 1 is 1.08 bits per heavy atom. The number of hydrogen-bond donors (Lipinski definition) is 0. The van der Waals surface area contributed by atoms with E-state index in [-0.39, 0.29) is 0 Å². The van der Waals surface area contributed by atoms with Crippen LogP contribution in [-0.2, 0) is 11.3 Å². The fourth-order valence-corrected chi connectivity index (χ4v) is 3.05. The third kappa shape index (κ3) is 4.23. The first kappa shape index (κ1) is 17.5. The number of aromatic nitrogens is 1. The fraction of sp³-hybridized carbons (Fsp3) is 0.250. The highest BCUT2D eigenvalue weighted by molar-refractivity contribution is 9.10. The van der Waals surface area contributed by atoms with E-state index in [1.165, 1.54) is 4.57 Å². The van der Waals surface area contributed by atoms with Crippen LogP contribution in [0.4, 0.5) is 4.79 Å². The Morgan fingerprint density at radius 2 is 1.80 bits per heavy atom. The molecule has 3 rings (SSSR count). The van der Waals surface area contributed by atoms with Gasteiger partial charge in [-0.1, -0.05) is 30.3 Å². The van der Waals surface area contributed by atoms with E-state index in [4.69, 9.17) is 9.47 Å². The molecule has 0 aliphatic heterocycles. The summed E-state index contributed by atoms with van der Waals surface area (Å²) in [5.41, 5.74) is 1.27. The zero-order valence-corrected chi connectivity index (χ0v) is 16.0. The molecule has 0 aliphatic carbocycles. The highest BCUT2D eigenvalue weighted by Crippen LogP contribution is 2.29. The van der Waals surface area contributed by atoms with Crippen LogP contribution in [0.2, 0.25) is 0 Å². The number of carbonyl (C=O) groups excluding carboxylic acids is 1. The smallest absolute Gasteiger partial charge is 0.419 e. The number of ether oxygens (including phenoxy) is 2. The largest absolute Gasteiger partial charge is 0.489 e. The lowest BCUT2D eigenvalue weighted by Crippen LogP contribution is -2.27. The van der Waals surface area contributed by atoms with Gasteiger partial charge in [-0.2, -0.15) is 0 Å². The van der Waals surface area contributed by atoms with Crippen molar-refractivity contribution >= 4 is 32.9 Å². The van der Waals surface area contributed by atoms with E-state index in [1.54, 1.807) is 0 Å². The molecule has 0 amide bonds. The van der Waals surface area contributed by atoms with Gasteiger partial charge in [-0.25, -0.2) is 9.36 Å². The molecule has 0 bridgehead atoms. The third-order valence-corrected chi connectivity index (χ3v) is 4.14. The lowest BCUT2D eigenvalue weighted by molar-refractivity contribution is 0.0541. The molecule has 0 saturated heterocycles. The predicted molar refractivity (Wildman–Crippen MR) is 102 cm³/mol. The number of benzene rings is 2. The van der Waals surface area contributed by atoms with Crippen LogP contribution < -0.4 is 4.74 Å². The number of halogens is 1. The lowest BCUT2D eigenvalue weighted by Gasteiger charge is -2.20. The molecule has 0 fully saturated rings. The number of hydrogen-bond acceptors (Lipinski definition) is 3. The van der Waals surface area contributed by atoms with Gasteiger partial charge in [-0.3, -0.25) is 0 Å². The van der Waals surface area contributed by atoms with Crippen molar-refractivity contribution in [1.29, 1.82) is 0 Å². The van der Waals surface area contributed by atoms with Gasteiger partial charge in [0.15, 0.2) is 0 Å². The summed E-state index contributed by atoms with van der Waals surface area (Å²) < 4.78 is 13.5. The minimum Gasteiger partial charge on any atom is -0.489 e. The van der Waals surface area contributed by atoms with Gasteiger partial charge in [0.05, 0.1) is 10.1 Å². The van der Waals surface area contributed by atoms with E-state index in [1.807, 2.05) is 75.4 Å². The van der Waals surface area contributed by atoms with Crippen LogP contribution >= 0.6 is 15.9 Å². The first-order valence-corrected chi connectivity index (χ1v) is 8.84. The maximum Gasteiger partial charge on any atom is 0.419 e. The summed E-state index contributed by atoms with van der Waals surface area (Å²) in [5, 5.41) is 0.935. The molecule has 0 N–H and O–H groups in total. The van der Waals surface area contributed by atoms with Crippen molar-refractivity contribution in [3.63, 3.8) is 0 Å². The molecule has 2 aromatic carbocycles. The molecule has 130 valence electrons. The topological polar surface area (TPSA) is 40.5 Å². The fourth-order valence-electron chi connectivity index (χ4n) is 2.47. The molecule has 0 aliphatic rings. The number of rotatable bonds is 3. The van der Waals surface area contributed by atoms with Crippen molar-refractivity contribution in [2.45, 2.75) is 33.0 Å². The normalized spacial score (nSPS) is 11.5. The van der Waals surface area contributed by atoms with Gasteiger partial charge in [-0.05, 0) is 60.5 Å². The molecular weight excluding hydrogens is 382 g/mol. The maximum absolute atomic E-state index is 12.5. The van der Waals surface area contributed by atoms with Crippen LogP contribution in [0.3, 0.4) is 0 Å². The van der Waals surface area contributed by atoms with Crippen LogP contribution in [0.1, 0.15) is 26.3 Å². The maximum atomic E-state index is 12.5. The molecule has 5 heteroatoms. The predicted octanol–water partition coefficient (Wildman–Crippen LogP) is 5.77. The molecule has 0 spiro atoms. The van der Waals surface area contributed by atoms with Gasteiger partial charge in [-0.15, -0.1) is 0 Å². The van der Waals surface area contributed by atoms with Crippen molar-refractivity contribution in [2.24, 2.45) is 0 Å². The molecular formula is C20H20BrNO3. The van der Waals surface area contributed by atoms with Gasteiger partial charge < -0.3 is 9.47 Å². The second-order valence-electron chi connectivity index (χ2n) is 6.78. The minimum atomic E-state index is -0.561. The van der Waals surface area contributed by atoms with Gasteiger partial charge in [0, 0.05) is 11.5 Å². The van der Waals surface area contributed by atoms with E-state index in [0.29, 0.717) is 17.0 Å². The molecule has 0 radical (unpaired) electrons. The highest BCUT2D eigenvalue weighted by Gasteiger charge is 2.21. The summed E-state index contributed by atoms with van der Waals surface area (Å²) in [6, 6.07) is 17.5. The van der Waals surface area contributed by atoms with Gasteiger partial charge in [0.25, 0.3) is 0 Å². The van der Waals surface area contributed by atoms with Crippen LogP contribution in [-0.4, -0.2) is 16.3 Å². The second kappa shape index (κ2) is 6.92. The van der Waals surface area contributed by atoms with Crippen molar-refractivity contribution in [1.82, 2.24) is 4.57 Å². The molecule has 3 aromatic rings. The Balaban J connectivity index is 1.88. The van der Waals surface area contributed by atoms with E-state index in [9.17, 15) is 4.79 Å². The van der Waals surface area contributed by atoms with E-state index >= 15 is 0 Å². The number of fused-ring (bicyclic) bond motifs is 1. The zero-order chi connectivity index (χ0) is 18.0. The van der Waals surface area contributed by atoms with Gasteiger partial charge in [0.2, 0.25) is 0 Å². The first-order valence-electron chi connectivity index (χ1n) is 8.04. The van der Waals surface area contributed by atoms with E-state index in [2.05, 4.69) is 15.9 Å². The Labute approximate surface area is 155 Å². The molecule has 1 aromatic heterocycles. The standard InChI is InChI=1S/C20H20BrNO3/c1-20(2,3)25-19(23)22-17-12-16(10-9-15(17)11-18(22)21)24-13-14-7-5-4-6-8-14/h4-12H,13H2,1-3H3. The Morgan fingerprint density at radius 3 is 2.48 bits per heavy atom. The molecule has 4 nitrogen and oxygen atoms in total. The Hall–Kier alpha value is -2.27. The van der Waals surface area contributed by atoms with Crippen molar-refractivity contribution in [2.75, 3.05) is 0 Å². The van der Waals surface area contributed by atoms with Crippen LogP contribution in [0.5, 0.6) is 5.75 Å². The van der Waals surface area contributed by atoms with Gasteiger partial charge in [0.1, 0.15) is 18.0 Å². The summed E-state index contributed by atoms with van der Waals surface area (Å²) in [6.07, 6.45) is -0.422. The number of nitrogens with zero attached hydrogens (tertiary/aromatic N) is 1. The Bertz CT molecular complexity index is 894. The molecule has 1 heterocycles. The zero-order valence-electron chi connectivity index (χ0n) is 14.5. The average Bonchev–Trinajstić information content (AvgIpc) is 2.87. The molecule has 0 unspecified atom stereocenters. The minimum absolute atomic E-state index is 0.422. The molecule has 25 heavy (non-hydrogen) atoms. The van der Waals surface area contributed by atoms with Crippen molar-refractivity contribution < 1.29 is 14.3 Å². The first-order chi connectivity index (χ1) is 11.8. The monoisotopic (exact) mass is 401 g/mol. The quantitative estimate of drug-likeness (QED) is 0.559. The van der Waals surface area contributed by atoms with Crippen LogP contribution in [0.25, 0.3) is 10.9 Å². The Kier molecular flexibility index (Phi) is 4.86. The van der Waals surface area contributed by atoms with Crippen molar-refractivity contribution in [3.8, 4) is 5.75 Å². The van der Waals surface area contributed by atoms with Crippen LogP contribution in [0, 0.1) is 0 Å². The second-order valence-corrected chi connectivity index (χ2v) is 7.59. The van der Waals surface area contributed by atoms with Gasteiger partial charge >= 0.3 is 6.09 Å². The summed E-state index contributed by atoms with van der Waals surface area (Å²) in [4.78, 5) is 12.5. The van der Waals surface area contributed by atoms with E-state index in [0.717, 1.165) is 16.5 Å². The van der Waals surface area contributed by atoms with Crippen LogP contribution in [0.15, 0.2) is 59.2 Å². The third-order valence-electron chi connectivity index (χ3n) is 3.56. The summed E-state index contributed by atoms with van der Waals surface area (Å²) >= 11 is 3.44. The van der Waals surface area contributed by atoms with E-state index < -0.39 is 11.7 Å². The number of carbonyl (C=O) groups is 1. The molecule has 0 saturated carbocycles. The molecule has 0 atom stereocenters. The van der Waals surface area contributed by atoms with Crippen molar-refractivity contribution in [3.05, 3.63) is 64.8 Å². The summed E-state index contributed by atoms with van der Waals surface area (Å²) in [5.74, 6) is 0.701. The highest BCUT2D eigenvalue weighted by atomic mass is 79.9. The summed E-state index contributed by atoms with van der Waals surface area (Å²) in [6.45, 7) is 6.01. The lowest BCUT2D eigenvalue weighted by atomic mass is 10.2. The summed E-state index contributed by atoms with van der Waals surface area (Å²) in [7, 11) is 0. The average molecular weight is 402 g/mol. The SMILES string of the molecule is CC(C)(C)OC(=O)n1c(Br)cc2ccc(OCc3ccccc3)cc21.